The first-order valence-electron chi connectivity index (χ1n) is 7.03. The third kappa shape index (κ3) is 6.54. The van der Waals surface area contributed by atoms with Crippen LogP contribution in [0.3, 0.4) is 0 Å². The van der Waals surface area contributed by atoms with Crippen molar-refractivity contribution in [3.63, 3.8) is 0 Å². The fourth-order valence-electron chi connectivity index (χ4n) is 2.24. The summed E-state index contributed by atoms with van der Waals surface area (Å²) in [4.78, 5) is 24.6. The highest BCUT2D eigenvalue weighted by molar-refractivity contribution is 5.87. The van der Waals surface area contributed by atoms with Crippen LogP contribution in [0.15, 0.2) is 0 Å². The van der Waals surface area contributed by atoms with Gasteiger partial charge in [0, 0.05) is 6.54 Å². The standard InChI is InChI=1S/C13H26N4O2/c1-10-3-7-17(8-4-10)6-2-5-16-13(19)11(14)9-12(15)18/h10-11H,2-9,14H2,1H3,(H2,15,18)(H,16,19). The molecule has 1 atom stereocenters. The highest BCUT2D eigenvalue weighted by Gasteiger charge is 2.16. The van der Waals surface area contributed by atoms with Crippen LogP contribution in [0.25, 0.3) is 0 Å². The van der Waals surface area contributed by atoms with Crippen LogP contribution < -0.4 is 16.8 Å². The van der Waals surface area contributed by atoms with Crippen LogP contribution in [-0.4, -0.2) is 48.9 Å². The van der Waals surface area contributed by atoms with Crippen molar-refractivity contribution >= 4 is 11.8 Å². The van der Waals surface area contributed by atoms with Gasteiger partial charge in [-0.2, -0.15) is 0 Å². The summed E-state index contributed by atoms with van der Waals surface area (Å²) in [6.45, 7) is 6.18. The number of hydrogen-bond donors (Lipinski definition) is 3. The minimum atomic E-state index is -0.826. The van der Waals surface area contributed by atoms with Crippen molar-refractivity contribution in [1.82, 2.24) is 10.2 Å². The van der Waals surface area contributed by atoms with E-state index in [0.717, 1.165) is 32.0 Å². The predicted molar refractivity (Wildman–Crippen MR) is 74.3 cm³/mol. The molecule has 2 amide bonds. The molecule has 0 aromatic heterocycles. The molecule has 5 N–H and O–H groups in total. The summed E-state index contributed by atoms with van der Waals surface area (Å²) in [5.41, 5.74) is 10.5. The van der Waals surface area contributed by atoms with Crippen LogP contribution in [0, 0.1) is 5.92 Å². The first-order chi connectivity index (χ1) is 8.99. The van der Waals surface area contributed by atoms with Crippen LogP contribution in [0.5, 0.6) is 0 Å². The van der Waals surface area contributed by atoms with Crippen molar-refractivity contribution in [2.75, 3.05) is 26.2 Å². The molecule has 1 fully saturated rings. The Morgan fingerprint density at radius 3 is 2.58 bits per heavy atom. The molecule has 19 heavy (non-hydrogen) atoms. The van der Waals surface area contributed by atoms with Crippen LogP contribution >= 0.6 is 0 Å². The molecule has 1 aliphatic heterocycles. The van der Waals surface area contributed by atoms with Crippen LogP contribution in [-0.2, 0) is 9.59 Å². The van der Waals surface area contributed by atoms with E-state index in [4.69, 9.17) is 11.5 Å². The van der Waals surface area contributed by atoms with Gasteiger partial charge in [0.25, 0.3) is 0 Å². The van der Waals surface area contributed by atoms with Crippen molar-refractivity contribution in [2.45, 2.75) is 38.6 Å². The number of hydrogen-bond acceptors (Lipinski definition) is 4. The van der Waals surface area contributed by atoms with E-state index in [1.54, 1.807) is 0 Å². The molecule has 0 aliphatic carbocycles. The Hall–Kier alpha value is -1.14. The summed E-state index contributed by atoms with van der Waals surface area (Å²) in [5, 5.41) is 2.74. The molecule has 0 bridgehead atoms. The Labute approximate surface area is 114 Å². The maximum absolute atomic E-state index is 11.5. The number of nitrogens with zero attached hydrogens (tertiary/aromatic N) is 1. The molecular formula is C13H26N4O2. The molecule has 1 heterocycles. The lowest BCUT2D eigenvalue weighted by molar-refractivity contribution is -0.126. The second kappa shape index (κ2) is 8.12. The minimum absolute atomic E-state index is 0.101. The molecule has 6 nitrogen and oxygen atoms in total. The normalized spacial score (nSPS) is 19.1. The van der Waals surface area contributed by atoms with Crippen molar-refractivity contribution in [2.24, 2.45) is 17.4 Å². The number of carbonyl (C=O) groups is 2. The van der Waals surface area contributed by atoms with Gasteiger partial charge < -0.3 is 21.7 Å². The first kappa shape index (κ1) is 15.9. The van der Waals surface area contributed by atoms with Gasteiger partial charge in [0.1, 0.15) is 0 Å². The van der Waals surface area contributed by atoms with E-state index in [-0.39, 0.29) is 12.3 Å². The fourth-order valence-corrected chi connectivity index (χ4v) is 2.24. The van der Waals surface area contributed by atoms with Crippen molar-refractivity contribution < 1.29 is 9.59 Å². The number of nitrogens with two attached hydrogens (primary N) is 2. The van der Waals surface area contributed by atoms with E-state index in [0.29, 0.717) is 6.54 Å². The van der Waals surface area contributed by atoms with E-state index in [1.165, 1.54) is 12.8 Å². The van der Waals surface area contributed by atoms with Crippen molar-refractivity contribution in [3.8, 4) is 0 Å². The number of likely N-dealkylation sites (tertiary alicyclic amines) is 1. The third-order valence-electron chi connectivity index (χ3n) is 3.58. The number of primary amides is 1. The van der Waals surface area contributed by atoms with Gasteiger partial charge in [-0.05, 0) is 44.8 Å². The highest BCUT2D eigenvalue weighted by Crippen LogP contribution is 2.15. The van der Waals surface area contributed by atoms with E-state index >= 15 is 0 Å². The Balaban J connectivity index is 2.07. The molecule has 0 saturated carbocycles. The van der Waals surface area contributed by atoms with Crippen molar-refractivity contribution in [1.29, 1.82) is 0 Å². The van der Waals surface area contributed by atoms with Crippen LogP contribution in [0.1, 0.15) is 32.6 Å². The number of piperidine rings is 1. The minimum Gasteiger partial charge on any atom is -0.370 e. The lowest BCUT2D eigenvalue weighted by Gasteiger charge is -2.30. The van der Waals surface area contributed by atoms with Gasteiger partial charge in [-0.25, -0.2) is 0 Å². The van der Waals surface area contributed by atoms with Crippen LogP contribution in [0.4, 0.5) is 0 Å². The second-order valence-electron chi connectivity index (χ2n) is 5.45. The molecule has 1 unspecified atom stereocenters. The predicted octanol–water partition coefficient (Wildman–Crippen LogP) is -0.573. The first-order valence-corrected chi connectivity index (χ1v) is 7.03. The zero-order valence-electron chi connectivity index (χ0n) is 11.7. The number of nitrogens with one attached hydrogen (secondary N) is 1. The quantitative estimate of drug-likeness (QED) is 0.539. The SMILES string of the molecule is CC1CCN(CCCNC(=O)C(N)CC(N)=O)CC1. The van der Waals surface area contributed by atoms with Crippen LogP contribution in [0.2, 0.25) is 0 Å². The number of amides is 2. The van der Waals surface area contributed by atoms with Gasteiger partial charge in [-0.15, -0.1) is 0 Å². The maximum atomic E-state index is 11.5. The third-order valence-corrected chi connectivity index (χ3v) is 3.58. The molecule has 0 aromatic carbocycles. The molecule has 0 aromatic rings. The zero-order valence-corrected chi connectivity index (χ0v) is 11.7. The van der Waals surface area contributed by atoms with Gasteiger partial charge >= 0.3 is 0 Å². The summed E-state index contributed by atoms with van der Waals surface area (Å²) >= 11 is 0. The van der Waals surface area contributed by atoms with E-state index in [9.17, 15) is 9.59 Å². The average Bonchev–Trinajstić information content (AvgIpc) is 2.35. The Kier molecular flexibility index (Phi) is 6.80. The summed E-state index contributed by atoms with van der Waals surface area (Å²) in [6, 6.07) is -0.826. The highest BCUT2D eigenvalue weighted by atomic mass is 16.2. The molecule has 0 radical (unpaired) electrons. The average molecular weight is 270 g/mol. The lowest BCUT2D eigenvalue weighted by atomic mass is 9.99. The summed E-state index contributed by atoms with van der Waals surface area (Å²) in [5.74, 6) is -0.0149. The molecule has 1 rings (SSSR count). The summed E-state index contributed by atoms with van der Waals surface area (Å²) in [6.07, 6.45) is 3.32. The molecule has 1 aliphatic rings. The smallest absolute Gasteiger partial charge is 0.237 e. The van der Waals surface area contributed by atoms with E-state index in [2.05, 4.69) is 17.1 Å². The molecule has 110 valence electrons. The number of carbonyl (C=O) groups excluding carboxylic acids is 2. The van der Waals surface area contributed by atoms with Gasteiger partial charge in [0.05, 0.1) is 12.5 Å². The molecular weight excluding hydrogens is 244 g/mol. The molecule has 1 saturated heterocycles. The maximum Gasteiger partial charge on any atom is 0.237 e. The van der Waals surface area contributed by atoms with Gasteiger partial charge in [0.15, 0.2) is 0 Å². The zero-order chi connectivity index (χ0) is 14.3. The lowest BCUT2D eigenvalue weighted by Crippen LogP contribution is -2.44. The summed E-state index contributed by atoms with van der Waals surface area (Å²) < 4.78 is 0. The van der Waals surface area contributed by atoms with Gasteiger partial charge in [0.2, 0.25) is 11.8 Å². The van der Waals surface area contributed by atoms with Crippen molar-refractivity contribution in [3.05, 3.63) is 0 Å². The Bertz CT molecular complexity index is 301. The topological polar surface area (TPSA) is 101 Å². The Morgan fingerprint density at radius 1 is 1.37 bits per heavy atom. The summed E-state index contributed by atoms with van der Waals surface area (Å²) in [7, 11) is 0. The van der Waals surface area contributed by atoms with Gasteiger partial charge in [-0.3, -0.25) is 9.59 Å². The second-order valence-corrected chi connectivity index (χ2v) is 5.45. The monoisotopic (exact) mass is 270 g/mol. The largest absolute Gasteiger partial charge is 0.370 e. The molecule has 6 heteroatoms. The molecule has 0 spiro atoms. The van der Waals surface area contributed by atoms with Gasteiger partial charge in [-0.1, -0.05) is 6.92 Å². The Morgan fingerprint density at radius 2 is 2.00 bits per heavy atom. The fraction of sp³-hybridized carbons (Fsp3) is 0.846. The van der Waals surface area contributed by atoms with E-state index in [1.807, 2.05) is 0 Å². The number of rotatable bonds is 7. The van der Waals surface area contributed by atoms with E-state index < -0.39 is 11.9 Å².